The highest BCUT2D eigenvalue weighted by Crippen LogP contribution is 2.00. The van der Waals surface area contributed by atoms with Crippen LogP contribution in [-0.4, -0.2) is 11.6 Å². The minimum atomic E-state index is -0.156. The van der Waals surface area contributed by atoms with E-state index in [-0.39, 0.29) is 5.91 Å². The van der Waals surface area contributed by atoms with Crippen LogP contribution >= 0.6 is 0 Å². The maximum Gasteiger partial charge on any atom is 0.242 e. The van der Waals surface area contributed by atoms with E-state index in [9.17, 15) is 4.79 Å². The van der Waals surface area contributed by atoms with Crippen molar-refractivity contribution in [2.75, 3.05) is 0 Å². The zero-order valence-electron chi connectivity index (χ0n) is 7.24. The van der Waals surface area contributed by atoms with Crippen LogP contribution in [0.1, 0.15) is 19.4 Å². The molecule has 0 bridgehead atoms. The zero-order chi connectivity index (χ0) is 8.97. The first kappa shape index (κ1) is 8.65. The van der Waals surface area contributed by atoms with Crippen molar-refractivity contribution in [2.45, 2.75) is 13.8 Å². The van der Waals surface area contributed by atoms with Gasteiger partial charge in [-0.2, -0.15) is 0 Å². The maximum absolute atomic E-state index is 10.6. The largest absolute Gasteiger partial charge is 0.273 e. The lowest BCUT2D eigenvalue weighted by Crippen LogP contribution is -1.97. The summed E-state index contributed by atoms with van der Waals surface area (Å²) in [5, 5.41) is 0. The molecule has 0 radical (unpaired) electrons. The molecule has 0 saturated heterocycles. The van der Waals surface area contributed by atoms with Crippen molar-refractivity contribution in [1.82, 2.24) is 0 Å². The minimum Gasteiger partial charge on any atom is -0.273 e. The normalized spacial score (nSPS) is 11.3. The highest BCUT2D eigenvalue weighted by atomic mass is 16.1. The summed E-state index contributed by atoms with van der Waals surface area (Å²) < 4.78 is 0. The topological polar surface area (TPSA) is 29.4 Å². The minimum absolute atomic E-state index is 0.156. The Morgan fingerprint density at radius 3 is 2.25 bits per heavy atom. The van der Waals surface area contributed by atoms with Crippen LogP contribution in [-0.2, 0) is 4.79 Å². The quantitative estimate of drug-likeness (QED) is 0.579. The van der Waals surface area contributed by atoms with Crippen LogP contribution < -0.4 is 0 Å². The molecule has 1 rings (SSSR count). The fourth-order valence-corrected chi connectivity index (χ4v) is 0.980. The van der Waals surface area contributed by atoms with Crippen LogP contribution in [0.2, 0.25) is 0 Å². The number of rotatable bonds is 1. The Bertz CT molecular complexity index is 301. The van der Waals surface area contributed by atoms with Gasteiger partial charge >= 0.3 is 0 Å². The molecule has 0 aliphatic carbocycles. The van der Waals surface area contributed by atoms with Gasteiger partial charge in [0.25, 0.3) is 0 Å². The van der Waals surface area contributed by atoms with Crippen molar-refractivity contribution in [1.29, 1.82) is 0 Å². The van der Waals surface area contributed by atoms with Gasteiger partial charge in [-0.15, -0.1) is 0 Å². The predicted molar refractivity (Wildman–Crippen MR) is 49.3 cm³/mol. The molecule has 0 heterocycles. The van der Waals surface area contributed by atoms with Gasteiger partial charge in [-0.3, -0.25) is 4.79 Å². The Kier molecular flexibility index (Phi) is 2.75. The Morgan fingerprint density at radius 1 is 1.17 bits per heavy atom. The number of hydrogen-bond acceptors (Lipinski definition) is 1. The molecule has 0 saturated carbocycles. The molecule has 12 heavy (non-hydrogen) atoms. The fraction of sp³-hybridized carbons (Fsp3) is 0.200. The van der Waals surface area contributed by atoms with E-state index in [1.165, 1.54) is 6.92 Å². The van der Waals surface area contributed by atoms with E-state index in [1.54, 1.807) is 0 Å². The van der Waals surface area contributed by atoms with Crippen molar-refractivity contribution >= 4 is 11.6 Å². The molecule has 1 aromatic carbocycles. The van der Waals surface area contributed by atoms with E-state index in [1.807, 2.05) is 37.3 Å². The Morgan fingerprint density at radius 2 is 1.75 bits per heavy atom. The van der Waals surface area contributed by atoms with Crippen molar-refractivity contribution in [3.63, 3.8) is 0 Å². The highest BCUT2D eigenvalue weighted by molar-refractivity contribution is 6.04. The number of benzene rings is 1. The van der Waals surface area contributed by atoms with Gasteiger partial charge in [0.1, 0.15) is 0 Å². The standard InChI is InChI=1S/C10H11NO/c1-8(11-9(2)12)10-6-4-3-5-7-10/h3-7H,1-2H3/b11-8-. The number of carbonyl (C=O) groups excluding carboxylic acids is 1. The average molecular weight is 161 g/mol. The van der Waals surface area contributed by atoms with E-state index in [4.69, 9.17) is 0 Å². The van der Waals surface area contributed by atoms with Crippen molar-refractivity contribution in [3.8, 4) is 0 Å². The molecule has 0 fully saturated rings. The summed E-state index contributed by atoms with van der Waals surface area (Å²) in [5.41, 5.74) is 1.76. The van der Waals surface area contributed by atoms with Gasteiger partial charge in [0.2, 0.25) is 5.91 Å². The molecule has 0 unspecified atom stereocenters. The number of hydrogen-bond donors (Lipinski definition) is 0. The third kappa shape index (κ3) is 2.31. The molecule has 62 valence electrons. The summed E-state index contributed by atoms with van der Waals surface area (Å²) in [6, 6.07) is 9.65. The van der Waals surface area contributed by atoms with Gasteiger partial charge in [-0.1, -0.05) is 30.3 Å². The number of amides is 1. The molecule has 2 nitrogen and oxygen atoms in total. The number of carbonyl (C=O) groups is 1. The van der Waals surface area contributed by atoms with E-state index in [0.29, 0.717) is 0 Å². The van der Waals surface area contributed by atoms with Gasteiger partial charge in [0, 0.05) is 12.6 Å². The summed E-state index contributed by atoms with van der Waals surface area (Å²) >= 11 is 0. The molecule has 2 heteroatoms. The number of nitrogens with zero attached hydrogens (tertiary/aromatic N) is 1. The molecule has 0 aromatic heterocycles. The molecule has 1 amide bonds. The van der Waals surface area contributed by atoms with E-state index >= 15 is 0 Å². The lowest BCUT2D eigenvalue weighted by molar-refractivity contribution is -0.115. The van der Waals surface area contributed by atoms with Crippen LogP contribution in [0.3, 0.4) is 0 Å². The average Bonchev–Trinajstić information content (AvgIpc) is 2.05. The number of aliphatic imine (C=N–C) groups is 1. The van der Waals surface area contributed by atoms with Gasteiger partial charge in [-0.05, 0) is 12.5 Å². The zero-order valence-corrected chi connectivity index (χ0v) is 7.24. The van der Waals surface area contributed by atoms with Crippen LogP contribution in [0.4, 0.5) is 0 Å². The third-order valence-corrected chi connectivity index (χ3v) is 1.52. The molecule has 0 N–H and O–H groups in total. The summed E-state index contributed by atoms with van der Waals surface area (Å²) in [7, 11) is 0. The second kappa shape index (κ2) is 3.81. The van der Waals surface area contributed by atoms with Crippen LogP contribution in [0, 0.1) is 0 Å². The Hall–Kier alpha value is -1.44. The molecular weight excluding hydrogens is 150 g/mol. The van der Waals surface area contributed by atoms with Gasteiger partial charge < -0.3 is 0 Å². The second-order valence-electron chi connectivity index (χ2n) is 2.58. The molecule has 1 aromatic rings. The lowest BCUT2D eigenvalue weighted by Gasteiger charge is -1.97. The molecular formula is C10H11NO. The summed E-state index contributed by atoms with van der Waals surface area (Å²) in [4.78, 5) is 14.5. The highest BCUT2D eigenvalue weighted by Gasteiger charge is 1.95. The summed E-state index contributed by atoms with van der Waals surface area (Å²) in [6.45, 7) is 3.28. The first-order valence-corrected chi connectivity index (χ1v) is 3.81. The fourth-order valence-electron chi connectivity index (χ4n) is 0.980. The Labute approximate surface area is 71.9 Å². The molecule has 0 aliphatic rings. The third-order valence-electron chi connectivity index (χ3n) is 1.52. The second-order valence-corrected chi connectivity index (χ2v) is 2.58. The van der Waals surface area contributed by atoms with Crippen molar-refractivity contribution in [2.24, 2.45) is 4.99 Å². The SMILES string of the molecule is CC(=O)/N=C(/C)c1ccccc1. The monoisotopic (exact) mass is 161 g/mol. The lowest BCUT2D eigenvalue weighted by atomic mass is 10.1. The van der Waals surface area contributed by atoms with Crippen LogP contribution in [0.25, 0.3) is 0 Å². The van der Waals surface area contributed by atoms with Gasteiger partial charge in [-0.25, -0.2) is 4.99 Å². The van der Waals surface area contributed by atoms with Crippen LogP contribution in [0.15, 0.2) is 35.3 Å². The summed E-state index contributed by atoms with van der Waals surface area (Å²) in [5.74, 6) is -0.156. The smallest absolute Gasteiger partial charge is 0.242 e. The van der Waals surface area contributed by atoms with E-state index < -0.39 is 0 Å². The molecule has 0 aliphatic heterocycles. The first-order chi connectivity index (χ1) is 5.70. The molecule has 0 atom stereocenters. The van der Waals surface area contributed by atoms with Crippen LogP contribution in [0.5, 0.6) is 0 Å². The maximum atomic E-state index is 10.6. The van der Waals surface area contributed by atoms with E-state index in [0.717, 1.165) is 11.3 Å². The van der Waals surface area contributed by atoms with Crippen molar-refractivity contribution in [3.05, 3.63) is 35.9 Å². The van der Waals surface area contributed by atoms with Gasteiger partial charge in [0.15, 0.2) is 0 Å². The first-order valence-electron chi connectivity index (χ1n) is 3.81. The molecule has 0 spiro atoms. The summed E-state index contributed by atoms with van der Waals surface area (Å²) in [6.07, 6.45) is 0. The van der Waals surface area contributed by atoms with Crippen molar-refractivity contribution < 1.29 is 4.79 Å². The van der Waals surface area contributed by atoms with Gasteiger partial charge in [0.05, 0.1) is 0 Å². The predicted octanol–water partition coefficient (Wildman–Crippen LogP) is 2.04. The van der Waals surface area contributed by atoms with E-state index in [2.05, 4.69) is 4.99 Å². The Balaban J connectivity index is 2.93.